The third kappa shape index (κ3) is 3.00. The summed E-state index contributed by atoms with van der Waals surface area (Å²) in [6, 6.07) is 0. The minimum Gasteiger partial charge on any atom is -0.456 e. The Kier molecular flexibility index (Phi) is 3.55. The van der Waals surface area contributed by atoms with Crippen molar-refractivity contribution in [2.45, 2.75) is 31.8 Å². The largest absolute Gasteiger partial charge is 0.456 e. The van der Waals surface area contributed by atoms with Crippen molar-refractivity contribution in [1.29, 1.82) is 0 Å². The van der Waals surface area contributed by atoms with Gasteiger partial charge in [0.1, 0.15) is 6.10 Å². The van der Waals surface area contributed by atoms with E-state index < -0.39 is 24.4 Å². The number of rotatable bonds is 5. The minimum absolute atomic E-state index is 0.193. The Balaban J connectivity index is 1.66. The van der Waals surface area contributed by atoms with Crippen LogP contribution in [0.2, 0.25) is 0 Å². The highest BCUT2D eigenvalue weighted by Crippen LogP contribution is 2.30. The van der Waals surface area contributed by atoms with Crippen molar-refractivity contribution in [3.05, 3.63) is 11.7 Å². The summed E-state index contributed by atoms with van der Waals surface area (Å²) in [5, 5.41) is 6.60. The number of halogens is 2. The van der Waals surface area contributed by atoms with Crippen LogP contribution in [0.4, 0.5) is 8.78 Å². The van der Waals surface area contributed by atoms with Crippen molar-refractivity contribution < 1.29 is 22.8 Å². The summed E-state index contributed by atoms with van der Waals surface area (Å²) in [6.07, 6.45) is -0.825. The molecule has 6 nitrogen and oxygen atoms in total. The van der Waals surface area contributed by atoms with Gasteiger partial charge in [-0.3, -0.25) is 0 Å². The molecule has 1 N–H and O–H groups in total. The van der Waals surface area contributed by atoms with Gasteiger partial charge in [-0.05, 0) is 0 Å². The summed E-state index contributed by atoms with van der Waals surface area (Å²) in [5.41, 5.74) is 0. The van der Waals surface area contributed by atoms with Crippen molar-refractivity contribution in [2.75, 3.05) is 13.1 Å². The zero-order valence-electron chi connectivity index (χ0n) is 9.78. The topological polar surface area (TPSA) is 77.2 Å². The smallest absolute Gasteiger partial charge is 0.377 e. The Labute approximate surface area is 102 Å². The summed E-state index contributed by atoms with van der Waals surface area (Å²) in [7, 11) is 0. The highest BCUT2D eigenvalue weighted by molar-refractivity contribution is 5.79. The van der Waals surface area contributed by atoms with E-state index in [9.17, 15) is 13.6 Å². The maximum atomic E-state index is 12.8. The Bertz CT molecular complexity index is 436. The van der Waals surface area contributed by atoms with Crippen LogP contribution in [-0.2, 0) is 16.0 Å². The summed E-state index contributed by atoms with van der Waals surface area (Å²) in [6.45, 7) is 2.38. The molecule has 1 aromatic rings. The number of aryl methyl sites for hydroxylation is 1. The predicted octanol–water partition coefficient (Wildman–Crippen LogP) is 0.461. The Hall–Kier alpha value is -1.57. The highest BCUT2D eigenvalue weighted by Gasteiger charge is 2.50. The maximum absolute atomic E-state index is 12.8. The van der Waals surface area contributed by atoms with Crippen LogP contribution in [0, 0.1) is 6.92 Å². The number of carbonyl (C=O) groups is 1. The van der Waals surface area contributed by atoms with Crippen LogP contribution in [0.5, 0.6) is 0 Å². The summed E-state index contributed by atoms with van der Waals surface area (Å²) in [4.78, 5) is 14.7. The van der Waals surface area contributed by atoms with Crippen molar-refractivity contribution in [1.82, 2.24) is 15.5 Å². The molecule has 1 aliphatic heterocycles. The Morgan fingerprint density at radius 2 is 2.33 bits per heavy atom. The fourth-order valence-corrected chi connectivity index (χ4v) is 1.67. The van der Waals surface area contributed by atoms with Gasteiger partial charge < -0.3 is 14.6 Å². The van der Waals surface area contributed by atoms with Crippen LogP contribution in [0.3, 0.4) is 0 Å². The van der Waals surface area contributed by atoms with Crippen LogP contribution >= 0.6 is 0 Å². The molecule has 1 unspecified atom stereocenters. The summed E-state index contributed by atoms with van der Waals surface area (Å²) in [5.74, 6) is -3.76. The van der Waals surface area contributed by atoms with E-state index in [4.69, 9.17) is 4.52 Å². The molecule has 0 spiro atoms. The zero-order chi connectivity index (χ0) is 13.2. The molecule has 0 amide bonds. The molecular weight excluding hydrogens is 248 g/mol. The van der Waals surface area contributed by atoms with Crippen LogP contribution in [0.15, 0.2) is 4.52 Å². The molecule has 0 radical (unpaired) electrons. The van der Waals surface area contributed by atoms with E-state index in [-0.39, 0.29) is 6.54 Å². The van der Waals surface area contributed by atoms with Crippen molar-refractivity contribution in [3.63, 3.8) is 0 Å². The van der Waals surface area contributed by atoms with Crippen LogP contribution in [0.1, 0.15) is 18.1 Å². The van der Waals surface area contributed by atoms with E-state index >= 15 is 0 Å². The lowest BCUT2D eigenvalue weighted by molar-refractivity contribution is -0.159. The second kappa shape index (κ2) is 4.97. The first-order chi connectivity index (χ1) is 8.47. The van der Waals surface area contributed by atoms with Gasteiger partial charge in [-0.25, -0.2) is 4.79 Å². The van der Waals surface area contributed by atoms with Gasteiger partial charge in [0.25, 0.3) is 0 Å². The van der Waals surface area contributed by atoms with Gasteiger partial charge in [-0.2, -0.15) is 13.8 Å². The van der Waals surface area contributed by atoms with Gasteiger partial charge in [0.15, 0.2) is 5.82 Å². The van der Waals surface area contributed by atoms with E-state index in [0.717, 1.165) is 0 Å². The lowest BCUT2D eigenvalue weighted by atomic mass is 10.2. The van der Waals surface area contributed by atoms with E-state index in [2.05, 4.69) is 20.2 Å². The van der Waals surface area contributed by atoms with Crippen LogP contribution in [0.25, 0.3) is 0 Å². The SMILES string of the molecule is Cc1nc(CCNCC2CC(F)(F)C(=O)O2)no1. The number of alkyl halides is 2. The molecule has 0 aliphatic carbocycles. The van der Waals surface area contributed by atoms with Gasteiger partial charge in [-0.1, -0.05) is 5.16 Å². The standard InChI is InChI=1S/C10H13F2N3O3/c1-6-14-8(15-18-6)2-3-13-5-7-4-10(11,12)9(16)17-7/h7,13H,2-5H2,1H3. The normalized spacial score (nSPS) is 22.2. The molecule has 0 saturated carbocycles. The Morgan fingerprint density at radius 1 is 1.56 bits per heavy atom. The molecule has 0 aromatic carbocycles. The second-order valence-electron chi connectivity index (χ2n) is 4.12. The van der Waals surface area contributed by atoms with Crippen LogP contribution in [-0.4, -0.2) is 41.2 Å². The molecule has 1 atom stereocenters. The maximum Gasteiger partial charge on any atom is 0.377 e. The number of hydrogen-bond donors (Lipinski definition) is 1. The average molecular weight is 261 g/mol. The first-order valence-corrected chi connectivity index (χ1v) is 5.56. The molecule has 0 bridgehead atoms. The summed E-state index contributed by atoms with van der Waals surface area (Å²) < 4.78 is 35.0. The number of aromatic nitrogens is 2. The third-order valence-electron chi connectivity index (χ3n) is 2.52. The number of esters is 1. The number of carbonyl (C=O) groups excluding carboxylic acids is 1. The number of nitrogens with one attached hydrogen (secondary N) is 1. The molecule has 2 rings (SSSR count). The molecule has 2 heterocycles. The number of hydrogen-bond acceptors (Lipinski definition) is 6. The highest BCUT2D eigenvalue weighted by atomic mass is 19.3. The van der Waals surface area contributed by atoms with E-state index in [1.165, 1.54) is 0 Å². The molecule has 18 heavy (non-hydrogen) atoms. The molecular formula is C10H13F2N3O3. The van der Waals surface area contributed by atoms with Crippen LogP contribution < -0.4 is 5.32 Å². The number of nitrogens with zero attached hydrogens (tertiary/aromatic N) is 2. The molecule has 1 aromatic heterocycles. The summed E-state index contributed by atoms with van der Waals surface area (Å²) >= 11 is 0. The first kappa shape index (κ1) is 12.9. The predicted molar refractivity (Wildman–Crippen MR) is 55.1 cm³/mol. The first-order valence-electron chi connectivity index (χ1n) is 5.56. The van der Waals surface area contributed by atoms with Crippen molar-refractivity contribution in [3.8, 4) is 0 Å². The number of cyclic esters (lactones) is 1. The van der Waals surface area contributed by atoms with Gasteiger partial charge in [-0.15, -0.1) is 0 Å². The zero-order valence-corrected chi connectivity index (χ0v) is 9.78. The average Bonchev–Trinajstić information content (AvgIpc) is 2.79. The fraction of sp³-hybridized carbons (Fsp3) is 0.700. The van der Waals surface area contributed by atoms with Gasteiger partial charge in [0.2, 0.25) is 5.89 Å². The lowest BCUT2D eigenvalue weighted by Gasteiger charge is -2.08. The molecule has 1 aliphatic rings. The van der Waals surface area contributed by atoms with E-state index in [0.29, 0.717) is 24.7 Å². The molecule has 8 heteroatoms. The molecule has 100 valence electrons. The Morgan fingerprint density at radius 3 is 2.89 bits per heavy atom. The van der Waals surface area contributed by atoms with Gasteiger partial charge in [0, 0.05) is 26.4 Å². The third-order valence-corrected chi connectivity index (χ3v) is 2.52. The van der Waals surface area contributed by atoms with E-state index in [1.54, 1.807) is 6.92 Å². The van der Waals surface area contributed by atoms with Gasteiger partial charge >= 0.3 is 11.9 Å². The van der Waals surface area contributed by atoms with E-state index in [1.807, 2.05) is 0 Å². The minimum atomic E-state index is -3.35. The fourth-order valence-electron chi connectivity index (χ4n) is 1.67. The quantitative estimate of drug-likeness (QED) is 0.613. The molecule has 1 fully saturated rings. The van der Waals surface area contributed by atoms with Gasteiger partial charge in [0.05, 0.1) is 6.42 Å². The number of ether oxygens (including phenoxy) is 1. The monoisotopic (exact) mass is 261 g/mol. The van der Waals surface area contributed by atoms with Crippen molar-refractivity contribution in [2.24, 2.45) is 0 Å². The lowest BCUT2D eigenvalue weighted by Crippen LogP contribution is -2.28. The molecule has 1 saturated heterocycles. The second-order valence-corrected chi connectivity index (χ2v) is 4.12. The van der Waals surface area contributed by atoms with Crippen molar-refractivity contribution >= 4 is 5.97 Å².